The van der Waals surface area contributed by atoms with E-state index in [2.05, 4.69) is 19.2 Å². The highest BCUT2D eigenvalue weighted by Crippen LogP contribution is 2.42. The van der Waals surface area contributed by atoms with Crippen LogP contribution in [0.4, 0.5) is 0 Å². The van der Waals surface area contributed by atoms with E-state index in [1.807, 2.05) is 0 Å². The molecule has 0 aromatic rings. The lowest BCUT2D eigenvalue weighted by Crippen LogP contribution is -2.41. The molecule has 0 unspecified atom stereocenters. The van der Waals surface area contributed by atoms with Crippen LogP contribution < -0.4 is 5.32 Å². The van der Waals surface area contributed by atoms with Gasteiger partial charge >= 0.3 is 0 Å². The molecule has 0 aromatic heterocycles. The maximum absolute atomic E-state index is 3.54. The number of hydrogen-bond donors (Lipinski definition) is 1. The quantitative estimate of drug-likeness (QED) is 0.560. The standard InChI is InChI=1S/C10H19N/c1-7-3-4-9-8(2)5-11-6-10(7)9/h7-11H,3-6H2,1-2H3/t7-,8-,9+,10+/m0/s1. The molecule has 0 bridgehead atoms. The summed E-state index contributed by atoms with van der Waals surface area (Å²) >= 11 is 0. The average Bonchev–Trinajstić information content (AvgIpc) is 2.35. The van der Waals surface area contributed by atoms with E-state index in [1.54, 1.807) is 0 Å². The zero-order chi connectivity index (χ0) is 7.84. The van der Waals surface area contributed by atoms with Gasteiger partial charge in [0.05, 0.1) is 0 Å². The molecule has 4 atom stereocenters. The van der Waals surface area contributed by atoms with Crippen molar-refractivity contribution in [3.8, 4) is 0 Å². The van der Waals surface area contributed by atoms with E-state index in [0.29, 0.717) is 0 Å². The van der Waals surface area contributed by atoms with Crippen LogP contribution in [0.5, 0.6) is 0 Å². The van der Waals surface area contributed by atoms with Gasteiger partial charge in [0.2, 0.25) is 0 Å². The topological polar surface area (TPSA) is 12.0 Å². The molecule has 2 fully saturated rings. The molecule has 1 heterocycles. The first-order chi connectivity index (χ1) is 5.29. The molecular formula is C10H19N. The highest BCUT2D eigenvalue weighted by atomic mass is 14.9. The van der Waals surface area contributed by atoms with Crippen LogP contribution in [-0.2, 0) is 0 Å². The lowest BCUT2D eigenvalue weighted by atomic mass is 9.79. The molecule has 2 aliphatic rings. The molecule has 0 spiro atoms. The Kier molecular flexibility index (Phi) is 1.92. The SMILES string of the molecule is C[C@H]1CC[C@H]2[C@@H]1CNC[C@@H]2C. The number of piperidine rings is 1. The van der Waals surface area contributed by atoms with Gasteiger partial charge in [-0.05, 0) is 43.2 Å². The van der Waals surface area contributed by atoms with Crippen LogP contribution in [0.25, 0.3) is 0 Å². The Bertz CT molecular complexity index is 142. The molecule has 1 N–H and O–H groups in total. The molecule has 11 heavy (non-hydrogen) atoms. The van der Waals surface area contributed by atoms with Crippen molar-refractivity contribution in [1.82, 2.24) is 5.32 Å². The smallest absolute Gasteiger partial charge is 0.00151 e. The van der Waals surface area contributed by atoms with Crippen LogP contribution in [0.3, 0.4) is 0 Å². The van der Waals surface area contributed by atoms with Gasteiger partial charge in [0.25, 0.3) is 0 Å². The molecule has 64 valence electrons. The van der Waals surface area contributed by atoms with E-state index in [0.717, 1.165) is 23.7 Å². The Labute approximate surface area is 69.6 Å². The van der Waals surface area contributed by atoms with Crippen molar-refractivity contribution in [3.63, 3.8) is 0 Å². The molecule has 0 radical (unpaired) electrons. The third-order valence-corrected chi connectivity index (χ3v) is 3.81. The van der Waals surface area contributed by atoms with Crippen molar-refractivity contribution in [2.75, 3.05) is 13.1 Å². The second-order valence-electron chi connectivity index (χ2n) is 4.52. The summed E-state index contributed by atoms with van der Waals surface area (Å²) in [5.41, 5.74) is 0. The Hall–Kier alpha value is -0.0400. The zero-order valence-corrected chi connectivity index (χ0v) is 7.64. The number of rotatable bonds is 0. The van der Waals surface area contributed by atoms with E-state index in [4.69, 9.17) is 0 Å². The van der Waals surface area contributed by atoms with E-state index in [-0.39, 0.29) is 0 Å². The van der Waals surface area contributed by atoms with Gasteiger partial charge < -0.3 is 5.32 Å². The Morgan fingerprint density at radius 3 is 2.45 bits per heavy atom. The van der Waals surface area contributed by atoms with Gasteiger partial charge in [0.15, 0.2) is 0 Å². The van der Waals surface area contributed by atoms with Crippen molar-refractivity contribution in [1.29, 1.82) is 0 Å². The van der Waals surface area contributed by atoms with E-state index in [9.17, 15) is 0 Å². The number of nitrogens with one attached hydrogen (secondary N) is 1. The molecule has 2 rings (SSSR count). The Balaban J connectivity index is 2.07. The maximum Gasteiger partial charge on any atom is -0.00151 e. The first kappa shape index (κ1) is 7.60. The van der Waals surface area contributed by atoms with Crippen LogP contribution in [0.1, 0.15) is 26.7 Å². The van der Waals surface area contributed by atoms with Crippen LogP contribution in [0.2, 0.25) is 0 Å². The third-order valence-electron chi connectivity index (χ3n) is 3.81. The summed E-state index contributed by atoms with van der Waals surface area (Å²) in [6.45, 7) is 7.37. The summed E-state index contributed by atoms with van der Waals surface area (Å²) in [7, 11) is 0. The lowest BCUT2D eigenvalue weighted by molar-refractivity contribution is 0.190. The predicted molar refractivity (Wildman–Crippen MR) is 47.4 cm³/mol. The lowest BCUT2D eigenvalue weighted by Gasteiger charge is -2.33. The second kappa shape index (κ2) is 2.78. The molecular weight excluding hydrogens is 134 g/mol. The summed E-state index contributed by atoms with van der Waals surface area (Å²) in [6.07, 6.45) is 2.97. The Morgan fingerprint density at radius 1 is 0.909 bits per heavy atom. The minimum Gasteiger partial charge on any atom is -0.316 e. The van der Waals surface area contributed by atoms with Gasteiger partial charge in [0, 0.05) is 0 Å². The first-order valence-corrected chi connectivity index (χ1v) is 4.99. The van der Waals surface area contributed by atoms with E-state index >= 15 is 0 Å². The van der Waals surface area contributed by atoms with Crippen LogP contribution >= 0.6 is 0 Å². The predicted octanol–water partition coefficient (Wildman–Crippen LogP) is 1.89. The Morgan fingerprint density at radius 2 is 1.73 bits per heavy atom. The molecule has 1 aliphatic heterocycles. The third kappa shape index (κ3) is 1.20. The minimum absolute atomic E-state index is 0.929. The minimum atomic E-state index is 0.929. The van der Waals surface area contributed by atoms with Crippen LogP contribution in [0.15, 0.2) is 0 Å². The van der Waals surface area contributed by atoms with Gasteiger partial charge in [-0.2, -0.15) is 0 Å². The highest BCUT2D eigenvalue weighted by Gasteiger charge is 2.38. The van der Waals surface area contributed by atoms with E-state index in [1.165, 1.54) is 25.9 Å². The fraction of sp³-hybridized carbons (Fsp3) is 1.00. The summed E-state index contributed by atoms with van der Waals surface area (Å²) in [5.74, 6) is 3.96. The van der Waals surface area contributed by atoms with Crippen LogP contribution in [0, 0.1) is 23.7 Å². The van der Waals surface area contributed by atoms with Crippen LogP contribution in [-0.4, -0.2) is 13.1 Å². The number of fused-ring (bicyclic) bond motifs is 1. The first-order valence-electron chi connectivity index (χ1n) is 4.99. The molecule has 1 heteroatoms. The molecule has 1 aliphatic carbocycles. The summed E-state index contributed by atoms with van der Waals surface area (Å²) < 4.78 is 0. The van der Waals surface area contributed by atoms with Crippen molar-refractivity contribution < 1.29 is 0 Å². The second-order valence-corrected chi connectivity index (χ2v) is 4.52. The largest absolute Gasteiger partial charge is 0.316 e. The fourth-order valence-electron chi connectivity index (χ4n) is 2.99. The normalized spacial score (nSPS) is 50.7. The molecule has 1 saturated carbocycles. The fourth-order valence-corrected chi connectivity index (χ4v) is 2.99. The van der Waals surface area contributed by atoms with Gasteiger partial charge in [-0.15, -0.1) is 0 Å². The molecule has 1 nitrogen and oxygen atoms in total. The van der Waals surface area contributed by atoms with Gasteiger partial charge in [-0.3, -0.25) is 0 Å². The summed E-state index contributed by atoms with van der Waals surface area (Å²) in [6, 6.07) is 0. The average molecular weight is 153 g/mol. The van der Waals surface area contributed by atoms with Gasteiger partial charge in [0.1, 0.15) is 0 Å². The van der Waals surface area contributed by atoms with Crippen molar-refractivity contribution in [2.45, 2.75) is 26.7 Å². The molecule has 1 saturated heterocycles. The van der Waals surface area contributed by atoms with Gasteiger partial charge in [-0.1, -0.05) is 20.3 Å². The zero-order valence-electron chi connectivity index (χ0n) is 7.64. The maximum atomic E-state index is 3.54. The monoisotopic (exact) mass is 153 g/mol. The molecule has 0 aromatic carbocycles. The summed E-state index contributed by atoms with van der Waals surface area (Å²) in [4.78, 5) is 0. The molecule has 0 amide bonds. The summed E-state index contributed by atoms with van der Waals surface area (Å²) in [5, 5.41) is 3.54. The van der Waals surface area contributed by atoms with Crippen molar-refractivity contribution in [3.05, 3.63) is 0 Å². The van der Waals surface area contributed by atoms with Crippen molar-refractivity contribution in [2.24, 2.45) is 23.7 Å². The highest BCUT2D eigenvalue weighted by molar-refractivity contribution is 4.90. The van der Waals surface area contributed by atoms with Crippen molar-refractivity contribution >= 4 is 0 Å². The van der Waals surface area contributed by atoms with E-state index < -0.39 is 0 Å². The van der Waals surface area contributed by atoms with Gasteiger partial charge in [-0.25, -0.2) is 0 Å². The number of hydrogen-bond acceptors (Lipinski definition) is 1.